The smallest absolute Gasteiger partial charge is 0.253 e. The Morgan fingerprint density at radius 1 is 1.13 bits per heavy atom. The maximum atomic E-state index is 12.5. The fraction of sp³-hybridized carbons (Fsp3) is 0.364. The molecule has 0 bridgehead atoms. The number of hydrogen-bond donors (Lipinski definition) is 2. The zero-order chi connectivity index (χ0) is 23.0. The van der Waals surface area contributed by atoms with Gasteiger partial charge in [0.25, 0.3) is 5.91 Å². The predicted octanol–water partition coefficient (Wildman–Crippen LogP) is 4.05. The molecule has 31 heavy (non-hydrogen) atoms. The molecule has 7 nitrogen and oxygen atoms in total. The van der Waals surface area contributed by atoms with E-state index in [2.05, 4.69) is 10.6 Å². The molecule has 0 aliphatic carbocycles. The summed E-state index contributed by atoms with van der Waals surface area (Å²) >= 11 is 5.98. The SMILES string of the molecule is CC[C@@H](C)NC(=O)c1ccccc1NC(=O)CCCN(c1cccc(Cl)c1)S(C)(=O)=O. The molecule has 2 rings (SSSR count). The summed E-state index contributed by atoms with van der Waals surface area (Å²) in [4.78, 5) is 24.9. The van der Waals surface area contributed by atoms with Crippen LogP contribution >= 0.6 is 11.6 Å². The van der Waals surface area contributed by atoms with Crippen molar-refractivity contribution in [2.24, 2.45) is 0 Å². The lowest BCUT2D eigenvalue weighted by Crippen LogP contribution is -2.33. The van der Waals surface area contributed by atoms with Crippen LogP contribution in [0.4, 0.5) is 11.4 Å². The van der Waals surface area contributed by atoms with Gasteiger partial charge in [0, 0.05) is 24.0 Å². The van der Waals surface area contributed by atoms with Crippen molar-refractivity contribution < 1.29 is 18.0 Å². The standard InChI is InChI=1S/C22H28ClN3O4S/c1-4-16(2)24-22(28)19-11-5-6-12-20(19)25-21(27)13-8-14-26(31(3,29)30)18-10-7-9-17(23)15-18/h5-7,9-12,15-16H,4,8,13-14H2,1-3H3,(H,24,28)(H,25,27)/t16-/m1/s1. The van der Waals surface area contributed by atoms with Crippen molar-refractivity contribution in [2.45, 2.75) is 39.2 Å². The van der Waals surface area contributed by atoms with Crippen molar-refractivity contribution in [3.8, 4) is 0 Å². The largest absolute Gasteiger partial charge is 0.350 e. The van der Waals surface area contributed by atoms with Crippen molar-refractivity contribution >= 4 is 44.8 Å². The van der Waals surface area contributed by atoms with Crippen LogP contribution in [-0.2, 0) is 14.8 Å². The first-order valence-corrected chi connectivity index (χ1v) is 12.3. The van der Waals surface area contributed by atoms with Gasteiger partial charge in [-0.2, -0.15) is 0 Å². The minimum absolute atomic E-state index is 0.0183. The molecule has 0 spiro atoms. The van der Waals surface area contributed by atoms with Gasteiger partial charge >= 0.3 is 0 Å². The molecule has 168 valence electrons. The van der Waals surface area contributed by atoms with Crippen LogP contribution in [-0.4, -0.2) is 39.1 Å². The van der Waals surface area contributed by atoms with E-state index in [1.807, 2.05) is 13.8 Å². The third kappa shape index (κ3) is 7.56. The Hall–Kier alpha value is -2.58. The highest BCUT2D eigenvalue weighted by Gasteiger charge is 2.19. The molecule has 2 aromatic carbocycles. The van der Waals surface area contributed by atoms with Crippen molar-refractivity contribution in [3.63, 3.8) is 0 Å². The Balaban J connectivity index is 2.01. The molecule has 2 aromatic rings. The molecule has 9 heteroatoms. The molecule has 0 unspecified atom stereocenters. The lowest BCUT2D eigenvalue weighted by Gasteiger charge is -2.22. The lowest BCUT2D eigenvalue weighted by molar-refractivity contribution is -0.116. The molecule has 2 amide bonds. The number of carbonyl (C=O) groups is 2. The monoisotopic (exact) mass is 465 g/mol. The number of anilines is 2. The minimum Gasteiger partial charge on any atom is -0.350 e. The maximum Gasteiger partial charge on any atom is 0.253 e. The Morgan fingerprint density at radius 3 is 2.48 bits per heavy atom. The molecular formula is C22H28ClN3O4S. The molecule has 0 radical (unpaired) electrons. The highest BCUT2D eigenvalue weighted by atomic mass is 35.5. The molecule has 0 saturated carbocycles. The third-order valence-corrected chi connectivity index (χ3v) is 6.13. The van der Waals surface area contributed by atoms with Crippen molar-refractivity contribution in [2.75, 3.05) is 22.4 Å². The van der Waals surface area contributed by atoms with Crippen LogP contribution in [0.15, 0.2) is 48.5 Å². The highest BCUT2D eigenvalue weighted by molar-refractivity contribution is 7.92. The second-order valence-corrected chi connectivity index (χ2v) is 9.64. The van der Waals surface area contributed by atoms with E-state index < -0.39 is 10.0 Å². The first-order chi connectivity index (χ1) is 14.6. The number of nitrogens with one attached hydrogen (secondary N) is 2. The van der Waals surface area contributed by atoms with Crippen LogP contribution in [0, 0.1) is 0 Å². The first kappa shape index (κ1) is 24.7. The summed E-state index contributed by atoms with van der Waals surface area (Å²) in [6, 6.07) is 13.3. The predicted molar refractivity (Wildman–Crippen MR) is 125 cm³/mol. The second kappa shape index (κ2) is 11.2. The van der Waals surface area contributed by atoms with E-state index in [-0.39, 0.29) is 30.8 Å². The Kier molecular flexibility index (Phi) is 8.88. The molecule has 0 saturated heterocycles. The van der Waals surface area contributed by atoms with E-state index in [9.17, 15) is 18.0 Å². The topological polar surface area (TPSA) is 95.6 Å². The maximum absolute atomic E-state index is 12.5. The third-order valence-electron chi connectivity index (χ3n) is 4.70. The van der Waals surface area contributed by atoms with Gasteiger partial charge in [0.2, 0.25) is 15.9 Å². The summed E-state index contributed by atoms with van der Waals surface area (Å²) in [5.41, 5.74) is 1.25. The lowest BCUT2D eigenvalue weighted by atomic mass is 10.1. The van der Waals surface area contributed by atoms with Crippen LogP contribution in [0.25, 0.3) is 0 Å². The van der Waals surface area contributed by atoms with Gasteiger partial charge in [-0.05, 0) is 50.1 Å². The fourth-order valence-electron chi connectivity index (χ4n) is 2.91. The number of carbonyl (C=O) groups excluding carboxylic acids is 2. The molecule has 0 heterocycles. The number of halogens is 1. The number of nitrogens with zero attached hydrogens (tertiary/aromatic N) is 1. The average molecular weight is 466 g/mol. The van der Waals surface area contributed by atoms with Gasteiger partial charge in [0.05, 0.1) is 23.2 Å². The Morgan fingerprint density at radius 2 is 1.84 bits per heavy atom. The number of sulfonamides is 1. The van der Waals surface area contributed by atoms with Crippen molar-refractivity contribution in [1.29, 1.82) is 0 Å². The van der Waals surface area contributed by atoms with Gasteiger partial charge in [-0.25, -0.2) is 8.42 Å². The van der Waals surface area contributed by atoms with E-state index in [4.69, 9.17) is 11.6 Å². The highest BCUT2D eigenvalue weighted by Crippen LogP contribution is 2.22. The second-order valence-electron chi connectivity index (χ2n) is 7.30. The molecule has 0 aliphatic heterocycles. The summed E-state index contributed by atoms with van der Waals surface area (Å²) in [5.74, 6) is -0.558. The minimum atomic E-state index is -3.53. The summed E-state index contributed by atoms with van der Waals surface area (Å²) in [6.45, 7) is 4.01. The molecule has 1 atom stereocenters. The molecule has 0 aromatic heterocycles. The van der Waals surface area contributed by atoms with Gasteiger partial charge in [-0.3, -0.25) is 13.9 Å². The van der Waals surface area contributed by atoms with Crippen LogP contribution in [0.3, 0.4) is 0 Å². The van der Waals surface area contributed by atoms with Gasteiger partial charge in [0.15, 0.2) is 0 Å². The summed E-state index contributed by atoms with van der Waals surface area (Å²) in [5, 5.41) is 6.06. The van der Waals surface area contributed by atoms with Gasteiger partial charge < -0.3 is 10.6 Å². The number of benzene rings is 2. The zero-order valence-corrected chi connectivity index (χ0v) is 19.5. The van der Waals surface area contributed by atoms with Gasteiger partial charge in [-0.1, -0.05) is 36.7 Å². The van der Waals surface area contributed by atoms with Crippen molar-refractivity contribution in [1.82, 2.24) is 5.32 Å². The average Bonchev–Trinajstić information content (AvgIpc) is 2.70. The fourth-order valence-corrected chi connectivity index (χ4v) is 4.05. The molecule has 2 N–H and O–H groups in total. The van der Waals surface area contributed by atoms with E-state index in [1.54, 1.807) is 48.5 Å². The van der Waals surface area contributed by atoms with Crippen LogP contribution in [0.1, 0.15) is 43.5 Å². The molecule has 0 fully saturated rings. The van der Waals surface area contributed by atoms with Gasteiger partial charge in [-0.15, -0.1) is 0 Å². The van der Waals surface area contributed by atoms with E-state index in [0.717, 1.165) is 12.7 Å². The summed E-state index contributed by atoms with van der Waals surface area (Å²) in [7, 11) is -3.53. The molecular weight excluding hydrogens is 438 g/mol. The van der Waals surface area contributed by atoms with Gasteiger partial charge in [0.1, 0.15) is 0 Å². The van der Waals surface area contributed by atoms with E-state index >= 15 is 0 Å². The van der Waals surface area contributed by atoms with Crippen LogP contribution in [0.5, 0.6) is 0 Å². The molecule has 0 aliphatic rings. The number of para-hydroxylation sites is 1. The normalized spacial score (nSPS) is 12.1. The summed E-state index contributed by atoms with van der Waals surface area (Å²) in [6.07, 6.45) is 2.30. The Labute approximate surface area is 188 Å². The zero-order valence-electron chi connectivity index (χ0n) is 17.9. The Bertz CT molecular complexity index is 1030. The quantitative estimate of drug-likeness (QED) is 0.553. The first-order valence-electron chi connectivity index (χ1n) is 10.0. The van der Waals surface area contributed by atoms with E-state index in [1.165, 1.54) is 4.31 Å². The van der Waals surface area contributed by atoms with Crippen LogP contribution < -0.4 is 14.9 Å². The van der Waals surface area contributed by atoms with Crippen molar-refractivity contribution in [3.05, 3.63) is 59.1 Å². The van der Waals surface area contributed by atoms with E-state index in [0.29, 0.717) is 28.4 Å². The number of hydrogen-bond acceptors (Lipinski definition) is 4. The van der Waals surface area contributed by atoms with Crippen LogP contribution in [0.2, 0.25) is 5.02 Å². The number of amides is 2. The number of rotatable bonds is 10. The summed E-state index contributed by atoms with van der Waals surface area (Å²) < 4.78 is 25.6.